The van der Waals surface area contributed by atoms with E-state index in [1.807, 2.05) is 24.3 Å². The fourth-order valence-electron chi connectivity index (χ4n) is 0.645. The predicted octanol–water partition coefficient (Wildman–Crippen LogP) is 2.04. The Morgan fingerprint density at radius 1 is 0.909 bits per heavy atom. The molecule has 0 aromatic heterocycles. The van der Waals surface area contributed by atoms with Crippen LogP contribution >= 0.6 is 36.3 Å². The van der Waals surface area contributed by atoms with Gasteiger partial charge in [-0.05, 0) is 36.0 Å². The predicted molar refractivity (Wildman–Crippen MR) is 53.8 cm³/mol. The van der Waals surface area contributed by atoms with Crippen molar-refractivity contribution in [3.63, 3.8) is 0 Å². The van der Waals surface area contributed by atoms with Crippen molar-refractivity contribution in [3.05, 3.63) is 24.3 Å². The molecule has 2 nitrogen and oxygen atoms in total. The first kappa shape index (κ1) is 11.1. The largest absolute Gasteiger partial charge is 0.274 e. The minimum absolute atomic E-state index is 0. The highest BCUT2D eigenvalue weighted by atomic mass is 35.5. The Balaban J connectivity index is 0.000001000. The molecule has 0 unspecified atom stereocenters. The van der Waals surface area contributed by atoms with E-state index in [-0.39, 0.29) is 12.4 Å². The number of halogens is 1. The van der Waals surface area contributed by atoms with Crippen molar-refractivity contribution >= 4 is 36.3 Å². The summed E-state index contributed by atoms with van der Waals surface area (Å²) in [5.41, 5.74) is 0. The summed E-state index contributed by atoms with van der Waals surface area (Å²) < 4.78 is 0. The SMILES string of the molecule is Cl.NSc1ccccc1SN. The second-order valence-electron chi connectivity index (χ2n) is 1.68. The first-order valence-corrected chi connectivity index (χ1v) is 4.47. The highest BCUT2D eigenvalue weighted by molar-refractivity contribution is 8.00. The Morgan fingerprint density at radius 3 is 1.55 bits per heavy atom. The first-order chi connectivity index (χ1) is 4.88. The average Bonchev–Trinajstić information content (AvgIpc) is 2.04. The molecule has 0 aliphatic carbocycles. The molecule has 62 valence electrons. The van der Waals surface area contributed by atoms with E-state index in [0.717, 1.165) is 9.79 Å². The summed E-state index contributed by atoms with van der Waals surface area (Å²) in [5, 5.41) is 10.7. The third kappa shape index (κ3) is 2.92. The lowest BCUT2D eigenvalue weighted by Crippen LogP contribution is -1.85. The Kier molecular flexibility index (Phi) is 5.81. The van der Waals surface area contributed by atoms with Gasteiger partial charge < -0.3 is 0 Å². The van der Waals surface area contributed by atoms with Gasteiger partial charge in [-0.1, -0.05) is 12.1 Å². The van der Waals surface area contributed by atoms with E-state index in [4.69, 9.17) is 10.3 Å². The number of hydrogen-bond donors (Lipinski definition) is 2. The first-order valence-electron chi connectivity index (χ1n) is 2.71. The fourth-order valence-corrected chi connectivity index (χ4v) is 1.62. The van der Waals surface area contributed by atoms with Crippen LogP contribution in [0.4, 0.5) is 0 Å². The lowest BCUT2D eigenvalue weighted by Gasteiger charge is -2.00. The van der Waals surface area contributed by atoms with Gasteiger partial charge in [-0.25, -0.2) is 0 Å². The second-order valence-corrected chi connectivity index (χ2v) is 3.03. The Morgan fingerprint density at radius 2 is 1.27 bits per heavy atom. The van der Waals surface area contributed by atoms with Crippen LogP contribution in [0.2, 0.25) is 0 Å². The minimum Gasteiger partial charge on any atom is -0.274 e. The molecule has 1 aromatic carbocycles. The zero-order chi connectivity index (χ0) is 7.40. The Labute approximate surface area is 80.8 Å². The van der Waals surface area contributed by atoms with Crippen molar-refractivity contribution in [2.24, 2.45) is 10.3 Å². The molecule has 1 aromatic rings. The maximum atomic E-state index is 5.37. The van der Waals surface area contributed by atoms with Gasteiger partial charge in [-0.3, -0.25) is 10.3 Å². The van der Waals surface area contributed by atoms with Gasteiger partial charge in [-0.2, -0.15) is 0 Å². The van der Waals surface area contributed by atoms with Crippen molar-refractivity contribution in [1.82, 2.24) is 0 Å². The summed E-state index contributed by atoms with van der Waals surface area (Å²) >= 11 is 2.44. The molecule has 0 spiro atoms. The van der Waals surface area contributed by atoms with E-state index in [2.05, 4.69) is 0 Å². The fraction of sp³-hybridized carbons (Fsp3) is 0. The van der Waals surface area contributed by atoms with E-state index in [9.17, 15) is 0 Å². The maximum absolute atomic E-state index is 5.37. The quantitative estimate of drug-likeness (QED) is 0.731. The normalized spacial score (nSPS) is 8.91. The van der Waals surface area contributed by atoms with E-state index in [0.29, 0.717) is 0 Å². The van der Waals surface area contributed by atoms with Crippen molar-refractivity contribution < 1.29 is 0 Å². The molecule has 1 rings (SSSR count). The van der Waals surface area contributed by atoms with Crippen LogP contribution in [-0.2, 0) is 0 Å². The van der Waals surface area contributed by atoms with Gasteiger partial charge in [0.2, 0.25) is 0 Å². The standard InChI is InChI=1S/C6H8N2S2.ClH/c7-9-5-3-1-2-4-6(5)10-8;/h1-4H,7-8H2;1H. The summed E-state index contributed by atoms with van der Waals surface area (Å²) in [5.74, 6) is 0. The molecule has 0 aliphatic heterocycles. The van der Waals surface area contributed by atoms with Gasteiger partial charge in [-0.15, -0.1) is 12.4 Å². The molecular formula is C6H9ClN2S2. The highest BCUT2D eigenvalue weighted by Crippen LogP contribution is 2.23. The van der Waals surface area contributed by atoms with Gasteiger partial charge in [0.25, 0.3) is 0 Å². The van der Waals surface area contributed by atoms with E-state index in [1.165, 1.54) is 23.9 Å². The van der Waals surface area contributed by atoms with E-state index < -0.39 is 0 Å². The van der Waals surface area contributed by atoms with Crippen LogP contribution in [-0.4, -0.2) is 0 Å². The smallest absolute Gasteiger partial charge is 0.0374 e. The van der Waals surface area contributed by atoms with Gasteiger partial charge in [0.15, 0.2) is 0 Å². The molecule has 0 aliphatic rings. The second kappa shape index (κ2) is 5.74. The monoisotopic (exact) mass is 208 g/mol. The lowest BCUT2D eigenvalue weighted by molar-refractivity contribution is 1.25. The molecule has 0 bridgehead atoms. The van der Waals surface area contributed by atoms with Crippen molar-refractivity contribution in [3.8, 4) is 0 Å². The molecule has 4 N–H and O–H groups in total. The summed E-state index contributed by atoms with van der Waals surface area (Å²) in [6, 6.07) is 7.77. The topological polar surface area (TPSA) is 52.0 Å². The van der Waals surface area contributed by atoms with Crippen LogP contribution in [0.25, 0.3) is 0 Å². The zero-order valence-electron chi connectivity index (χ0n) is 5.69. The lowest BCUT2D eigenvalue weighted by atomic mass is 10.4. The molecule has 0 saturated carbocycles. The van der Waals surface area contributed by atoms with Gasteiger partial charge in [0.1, 0.15) is 0 Å². The molecule has 5 heteroatoms. The van der Waals surface area contributed by atoms with E-state index in [1.54, 1.807) is 0 Å². The molecule has 0 amide bonds. The van der Waals surface area contributed by atoms with Gasteiger partial charge in [0, 0.05) is 9.79 Å². The van der Waals surface area contributed by atoms with Crippen LogP contribution in [0.3, 0.4) is 0 Å². The minimum atomic E-state index is 0. The third-order valence-corrected chi connectivity index (χ3v) is 2.45. The Hall–Kier alpha value is 0.130. The molecule has 0 fully saturated rings. The van der Waals surface area contributed by atoms with Crippen LogP contribution in [0.1, 0.15) is 0 Å². The van der Waals surface area contributed by atoms with Crippen molar-refractivity contribution in [1.29, 1.82) is 0 Å². The number of rotatable bonds is 2. The number of nitrogens with two attached hydrogens (primary N) is 2. The molecule has 0 radical (unpaired) electrons. The number of hydrogen-bond acceptors (Lipinski definition) is 4. The molecule has 11 heavy (non-hydrogen) atoms. The summed E-state index contributed by atoms with van der Waals surface area (Å²) in [7, 11) is 0. The van der Waals surface area contributed by atoms with E-state index >= 15 is 0 Å². The Bertz CT molecular complexity index is 196. The molecule has 0 heterocycles. The molecule has 0 saturated heterocycles. The summed E-state index contributed by atoms with van der Waals surface area (Å²) in [6.45, 7) is 0. The van der Waals surface area contributed by atoms with Crippen LogP contribution in [0, 0.1) is 0 Å². The molecule has 0 atom stereocenters. The molecular weight excluding hydrogens is 200 g/mol. The average molecular weight is 209 g/mol. The van der Waals surface area contributed by atoms with Crippen LogP contribution in [0.5, 0.6) is 0 Å². The highest BCUT2D eigenvalue weighted by Gasteiger charge is 1.96. The zero-order valence-corrected chi connectivity index (χ0v) is 8.14. The maximum Gasteiger partial charge on any atom is 0.0374 e. The summed E-state index contributed by atoms with van der Waals surface area (Å²) in [6.07, 6.45) is 0. The van der Waals surface area contributed by atoms with Gasteiger partial charge in [0.05, 0.1) is 0 Å². The van der Waals surface area contributed by atoms with Crippen LogP contribution in [0.15, 0.2) is 34.1 Å². The third-order valence-electron chi connectivity index (χ3n) is 1.10. The van der Waals surface area contributed by atoms with Crippen molar-refractivity contribution in [2.75, 3.05) is 0 Å². The summed E-state index contributed by atoms with van der Waals surface area (Å²) in [4.78, 5) is 2.05. The number of benzene rings is 1. The van der Waals surface area contributed by atoms with Crippen LogP contribution < -0.4 is 10.3 Å². The van der Waals surface area contributed by atoms with Gasteiger partial charge >= 0.3 is 0 Å². The van der Waals surface area contributed by atoms with Crippen molar-refractivity contribution in [2.45, 2.75) is 9.79 Å².